The lowest BCUT2D eigenvalue weighted by atomic mass is 10.1. The molecular weight excluding hydrogens is 636 g/mol. The molecule has 0 heterocycles. The van der Waals surface area contributed by atoms with Gasteiger partial charge in [-0.25, -0.2) is 0 Å². The summed E-state index contributed by atoms with van der Waals surface area (Å²) in [5, 5.41) is 0. The first-order valence-electron chi connectivity index (χ1n) is 19.1. The van der Waals surface area contributed by atoms with Crippen molar-refractivity contribution in [2.24, 2.45) is 0 Å². The fourth-order valence-corrected chi connectivity index (χ4v) is 4.49. The summed E-state index contributed by atoms with van der Waals surface area (Å²) in [4.78, 5) is 23.4. The minimum absolute atomic E-state index is 0.142. The molecule has 12 nitrogen and oxygen atoms in total. The van der Waals surface area contributed by atoms with Gasteiger partial charge in [-0.3, -0.25) is 9.59 Å². The quantitative estimate of drug-likeness (QED) is 0.0538. The van der Waals surface area contributed by atoms with Crippen LogP contribution in [0, 0.1) is 0 Å². The summed E-state index contributed by atoms with van der Waals surface area (Å²) in [5.74, 6) is -0.287. The minimum atomic E-state index is -0.145. The van der Waals surface area contributed by atoms with Crippen molar-refractivity contribution in [3.63, 3.8) is 0 Å². The molecule has 0 aliphatic rings. The zero-order chi connectivity index (χ0) is 35.6. The Bertz CT molecular complexity index is 667. The number of carbonyl (C=O) groups excluding carboxylic acids is 2. The number of carbonyl (C=O) groups is 2. The molecule has 0 bridgehead atoms. The van der Waals surface area contributed by atoms with E-state index in [0.29, 0.717) is 119 Å². The average molecular weight is 709 g/mol. The third-order valence-corrected chi connectivity index (χ3v) is 7.30. The maximum atomic E-state index is 11.7. The first-order chi connectivity index (χ1) is 24.2. The molecule has 0 amide bonds. The van der Waals surface area contributed by atoms with Gasteiger partial charge in [-0.1, -0.05) is 84.5 Å². The van der Waals surface area contributed by atoms with Crippen molar-refractivity contribution in [2.45, 2.75) is 110 Å². The minimum Gasteiger partial charge on any atom is -0.463 e. The van der Waals surface area contributed by atoms with Gasteiger partial charge in [0.2, 0.25) is 0 Å². The van der Waals surface area contributed by atoms with Crippen molar-refractivity contribution in [2.75, 3.05) is 119 Å². The number of rotatable bonds is 42. The third kappa shape index (κ3) is 42.7. The Balaban J connectivity index is 3.14. The molecule has 0 fully saturated rings. The summed E-state index contributed by atoms with van der Waals surface area (Å²) < 4.78 is 54.1. The summed E-state index contributed by atoms with van der Waals surface area (Å²) >= 11 is 0. The highest BCUT2D eigenvalue weighted by atomic mass is 16.6. The van der Waals surface area contributed by atoms with Gasteiger partial charge in [0, 0.05) is 12.8 Å². The fourth-order valence-electron chi connectivity index (χ4n) is 4.49. The van der Waals surface area contributed by atoms with Crippen molar-refractivity contribution in [3.05, 3.63) is 0 Å². The van der Waals surface area contributed by atoms with Gasteiger partial charge in [-0.05, 0) is 12.8 Å². The second-order valence-electron chi connectivity index (χ2n) is 11.7. The van der Waals surface area contributed by atoms with Crippen LogP contribution in [-0.2, 0) is 57.0 Å². The number of unbranched alkanes of at least 4 members (excludes halogenated alkanes) is 11. The zero-order valence-electron chi connectivity index (χ0n) is 31.2. The van der Waals surface area contributed by atoms with Gasteiger partial charge < -0.3 is 47.4 Å². The van der Waals surface area contributed by atoms with E-state index >= 15 is 0 Å². The molecule has 0 saturated heterocycles. The second kappa shape index (κ2) is 42.8. The van der Waals surface area contributed by atoms with E-state index in [1.54, 1.807) is 0 Å². The summed E-state index contributed by atoms with van der Waals surface area (Å²) in [6, 6.07) is 0. The summed E-state index contributed by atoms with van der Waals surface area (Å²) in [5.41, 5.74) is 0. The lowest BCUT2D eigenvalue weighted by Crippen LogP contribution is -2.15. The molecule has 0 N–H and O–H groups in total. The molecule has 0 unspecified atom stereocenters. The van der Waals surface area contributed by atoms with Crippen molar-refractivity contribution >= 4 is 11.9 Å². The Hall–Kier alpha value is -1.38. The SMILES string of the molecule is CCCCCCCCCC(=O)OCCOCCOCCOCCOCCOCCOCCOCCOCCOC(=O)CCCCCCCC. The molecule has 0 spiro atoms. The van der Waals surface area contributed by atoms with Gasteiger partial charge >= 0.3 is 11.9 Å². The van der Waals surface area contributed by atoms with Crippen molar-refractivity contribution < 1.29 is 57.0 Å². The lowest BCUT2D eigenvalue weighted by Gasteiger charge is -2.09. The number of esters is 2. The van der Waals surface area contributed by atoms with Crippen LogP contribution in [0.5, 0.6) is 0 Å². The van der Waals surface area contributed by atoms with Crippen molar-refractivity contribution in [3.8, 4) is 0 Å². The van der Waals surface area contributed by atoms with Gasteiger partial charge in [0.25, 0.3) is 0 Å². The van der Waals surface area contributed by atoms with Crippen LogP contribution in [0.2, 0.25) is 0 Å². The molecular formula is C37H72O12. The predicted octanol–water partition coefficient (Wildman–Crippen LogP) is 6.10. The Morgan fingerprint density at radius 2 is 0.490 bits per heavy atom. The molecule has 0 aliphatic carbocycles. The van der Waals surface area contributed by atoms with Gasteiger partial charge in [0.05, 0.1) is 106 Å². The van der Waals surface area contributed by atoms with Crippen LogP contribution in [0.1, 0.15) is 110 Å². The van der Waals surface area contributed by atoms with E-state index in [-0.39, 0.29) is 25.2 Å². The van der Waals surface area contributed by atoms with E-state index in [1.165, 1.54) is 57.8 Å². The van der Waals surface area contributed by atoms with Crippen LogP contribution >= 0.6 is 0 Å². The molecule has 292 valence electrons. The van der Waals surface area contributed by atoms with Gasteiger partial charge in [0.15, 0.2) is 0 Å². The molecule has 0 rings (SSSR count). The molecule has 0 aromatic rings. The first kappa shape index (κ1) is 47.6. The Labute approximate surface area is 297 Å². The Morgan fingerprint density at radius 1 is 0.286 bits per heavy atom. The summed E-state index contributed by atoms with van der Waals surface area (Å²) in [7, 11) is 0. The smallest absolute Gasteiger partial charge is 0.305 e. The topological polar surface area (TPSA) is 126 Å². The van der Waals surface area contributed by atoms with E-state index in [0.717, 1.165) is 25.7 Å². The number of ether oxygens (including phenoxy) is 10. The molecule has 0 radical (unpaired) electrons. The lowest BCUT2D eigenvalue weighted by molar-refractivity contribution is -0.146. The second-order valence-corrected chi connectivity index (χ2v) is 11.7. The maximum absolute atomic E-state index is 11.7. The maximum Gasteiger partial charge on any atom is 0.305 e. The molecule has 0 aliphatic heterocycles. The molecule has 49 heavy (non-hydrogen) atoms. The van der Waals surface area contributed by atoms with Crippen LogP contribution in [0.3, 0.4) is 0 Å². The van der Waals surface area contributed by atoms with Gasteiger partial charge in [0.1, 0.15) is 13.2 Å². The first-order valence-corrected chi connectivity index (χ1v) is 19.1. The molecule has 0 atom stereocenters. The highest BCUT2D eigenvalue weighted by Gasteiger charge is 2.04. The van der Waals surface area contributed by atoms with E-state index in [2.05, 4.69) is 13.8 Å². The third-order valence-electron chi connectivity index (χ3n) is 7.30. The number of hydrogen-bond donors (Lipinski definition) is 0. The van der Waals surface area contributed by atoms with E-state index < -0.39 is 0 Å². The predicted molar refractivity (Wildman–Crippen MR) is 189 cm³/mol. The van der Waals surface area contributed by atoms with Crippen LogP contribution in [0.15, 0.2) is 0 Å². The van der Waals surface area contributed by atoms with Crippen LogP contribution in [0.25, 0.3) is 0 Å². The van der Waals surface area contributed by atoms with E-state index in [1.807, 2.05) is 0 Å². The van der Waals surface area contributed by atoms with E-state index in [4.69, 9.17) is 47.4 Å². The molecule has 12 heteroatoms. The normalized spacial score (nSPS) is 11.3. The van der Waals surface area contributed by atoms with Crippen molar-refractivity contribution in [1.29, 1.82) is 0 Å². The standard InChI is InChI=1S/C37H72O12/c1-3-5-7-9-11-13-15-17-37(39)49-35-33-47-31-29-45-27-25-43-23-21-41-19-18-40-20-22-42-24-26-44-28-30-46-32-34-48-36(38)16-14-12-10-8-6-4-2/h3-35H2,1-2H3. The molecule has 0 aromatic carbocycles. The van der Waals surface area contributed by atoms with Crippen LogP contribution < -0.4 is 0 Å². The summed E-state index contributed by atoms with van der Waals surface area (Å²) in [6.45, 7) is 12.5. The Morgan fingerprint density at radius 3 is 0.735 bits per heavy atom. The van der Waals surface area contributed by atoms with Crippen LogP contribution in [-0.4, -0.2) is 131 Å². The molecule has 0 saturated carbocycles. The average Bonchev–Trinajstić information content (AvgIpc) is 3.10. The molecule has 0 aromatic heterocycles. The fraction of sp³-hybridized carbons (Fsp3) is 0.946. The van der Waals surface area contributed by atoms with Crippen molar-refractivity contribution in [1.82, 2.24) is 0 Å². The van der Waals surface area contributed by atoms with Gasteiger partial charge in [-0.2, -0.15) is 0 Å². The highest BCUT2D eigenvalue weighted by Crippen LogP contribution is 2.09. The van der Waals surface area contributed by atoms with Crippen LogP contribution in [0.4, 0.5) is 0 Å². The van der Waals surface area contributed by atoms with Gasteiger partial charge in [-0.15, -0.1) is 0 Å². The Kier molecular flexibility index (Phi) is 41.6. The van der Waals surface area contributed by atoms with E-state index in [9.17, 15) is 9.59 Å². The number of hydrogen-bond acceptors (Lipinski definition) is 12. The zero-order valence-corrected chi connectivity index (χ0v) is 31.2. The largest absolute Gasteiger partial charge is 0.463 e. The summed E-state index contributed by atoms with van der Waals surface area (Å²) in [6.07, 6.45) is 16.2. The highest BCUT2D eigenvalue weighted by molar-refractivity contribution is 5.69. The monoisotopic (exact) mass is 709 g/mol.